The van der Waals surface area contributed by atoms with Crippen LogP contribution in [0.2, 0.25) is 0 Å². The van der Waals surface area contributed by atoms with Crippen LogP contribution in [0.25, 0.3) is 0 Å². The van der Waals surface area contributed by atoms with E-state index in [2.05, 4.69) is 37.8 Å². The second-order valence-electron chi connectivity index (χ2n) is 1.74. The molecule has 0 aliphatic carbocycles. The molecule has 0 saturated heterocycles. The van der Waals surface area contributed by atoms with Crippen LogP contribution in [0.4, 0.5) is 0 Å². The van der Waals surface area contributed by atoms with Gasteiger partial charge in [0.1, 0.15) is 9.53 Å². The van der Waals surface area contributed by atoms with E-state index in [1.165, 1.54) is 0 Å². The predicted octanol–water partition coefficient (Wildman–Crippen LogP) is 1.09. The van der Waals surface area contributed by atoms with Crippen LogP contribution in [0.15, 0.2) is 0 Å². The van der Waals surface area contributed by atoms with E-state index in [9.17, 15) is 0 Å². The van der Waals surface area contributed by atoms with Gasteiger partial charge < -0.3 is 0 Å². The van der Waals surface area contributed by atoms with Crippen LogP contribution in [-0.2, 0) is 0 Å². The maximum atomic E-state index is 4.09. The second kappa shape index (κ2) is 2.55. The highest BCUT2D eigenvalue weighted by molar-refractivity contribution is 14.1. The number of aryl methyl sites for hydroxylation is 2. The summed E-state index contributed by atoms with van der Waals surface area (Å²) in [5.74, 6) is 0.727. The fourth-order valence-corrected chi connectivity index (χ4v) is 0.891. The molecule has 0 aliphatic rings. The number of nitrogens with zero attached hydrogens (tertiary/aromatic N) is 3. The molecule has 0 unspecified atom stereocenters. The molecule has 1 aromatic heterocycles. The van der Waals surface area contributed by atoms with E-state index in [1.54, 1.807) is 0 Å². The Labute approximate surface area is 67.1 Å². The average Bonchev–Trinajstić information content (AvgIpc) is 1.80. The van der Waals surface area contributed by atoms with Gasteiger partial charge in [0, 0.05) is 0 Å². The smallest absolute Gasteiger partial charge is 0.149 e. The van der Waals surface area contributed by atoms with E-state index >= 15 is 0 Å². The van der Waals surface area contributed by atoms with Crippen LogP contribution in [0, 0.1) is 17.5 Å². The van der Waals surface area contributed by atoms with Gasteiger partial charge in [-0.3, -0.25) is 0 Å². The Morgan fingerprint density at radius 2 is 1.89 bits per heavy atom. The van der Waals surface area contributed by atoms with Crippen molar-refractivity contribution < 1.29 is 0 Å². The molecule has 1 rings (SSSR count). The third-order valence-electron chi connectivity index (χ3n) is 0.903. The SMILES string of the molecule is Cc1nnc(C)c(I)n1. The highest BCUT2D eigenvalue weighted by Gasteiger charge is 1.95. The Morgan fingerprint density at radius 3 is 2.33 bits per heavy atom. The van der Waals surface area contributed by atoms with Crippen molar-refractivity contribution in [3.8, 4) is 0 Å². The van der Waals surface area contributed by atoms with Crippen LogP contribution in [0.1, 0.15) is 11.5 Å². The lowest BCUT2D eigenvalue weighted by Crippen LogP contribution is -1.97. The molecule has 48 valence electrons. The summed E-state index contributed by atoms with van der Waals surface area (Å²) in [6, 6.07) is 0. The predicted molar refractivity (Wildman–Crippen MR) is 42.0 cm³/mol. The van der Waals surface area contributed by atoms with Gasteiger partial charge in [0.25, 0.3) is 0 Å². The molecule has 3 nitrogen and oxygen atoms in total. The highest BCUT2D eigenvalue weighted by Crippen LogP contribution is 2.02. The van der Waals surface area contributed by atoms with Gasteiger partial charge in [0.05, 0.1) is 5.69 Å². The zero-order valence-corrected chi connectivity index (χ0v) is 7.38. The van der Waals surface area contributed by atoms with Gasteiger partial charge in [-0.2, -0.15) is 5.10 Å². The van der Waals surface area contributed by atoms with Crippen LogP contribution in [-0.4, -0.2) is 15.2 Å². The van der Waals surface area contributed by atoms with Crippen molar-refractivity contribution in [1.82, 2.24) is 15.2 Å². The molecule has 0 fully saturated rings. The monoisotopic (exact) mass is 235 g/mol. The summed E-state index contributed by atoms with van der Waals surface area (Å²) < 4.78 is 0.931. The summed E-state index contributed by atoms with van der Waals surface area (Å²) in [4.78, 5) is 4.09. The molecule has 0 atom stereocenters. The van der Waals surface area contributed by atoms with E-state index in [0.717, 1.165) is 15.2 Å². The molecule has 0 radical (unpaired) electrons. The van der Waals surface area contributed by atoms with Gasteiger partial charge in [-0.05, 0) is 36.4 Å². The standard InChI is InChI=1S/C5H6IN3/c1-3-5(6)7-4(2)9-8-3/h1-2H3. The zero-order valence-electron chi connectivity index (χ0n) is 5.22. The van der Waals surface area contributed by atoms with E-state index in [1.807, 2.05) is 13.8 Å². The Bertz CT molecular complexity index is 223. The summed E-state index contributed by atoms with van der Waals surface area (Å²) in [7, 11) is 0. The van der Waals surface area contributed by atoms with Crippen LogP contribution < -0.4 is 0 Å². The lowest BCUT2D eigenvalue weighted by molar-refractivity contribution is 0.857. The fourth-order valence-electron chi connectivity index (χ4n) is 0.434. The van der Waals surface area contributed by atoms with Crippen LogP contribution >= 0.6 is 22.6 Å². The minimum Gasteiger partial charge on any atom is -0.223 e. The van der Waals surface area contributed by atoms with E-state index < -0.39 is 0 Å². The largest absolute Gasteiger partial charge is 0.223 e. The third-order valence-corrected chi connectivity index (χ3v) is 1.93. The normalized spacial score (nSPS) is 9.67. The summed E-state index contributed by atoms with van der Waals surface area (Å²) >= 11 is 2.14. The molecule has 0 aromatic carbocycles. The topological polar surface area (TPSA) is 38.7 Å². The second-order valence-corrected chi connectivity index (χ2v) is 2.76. The number of hydrogen-bond acceptors (Lipinski definition) is 3. The number of hydrogen-bond donors (Lipinski definition) is 0. The van der Waals surface area contributed by atoms with Crippen LogP contribution in [0.5, 0.6) is 0 Å². The minimum absolute atomic E-state index is 0.727. The summed E-state index contributed by atoms with van der Waals surface area (Å²) in [5.41, 5.74) is 0.890. The van der Waals surface area contributed by atoms with Gasteiger partial charge in [-0.25, -0.2) is 4.98 Å². The van der Waals surface area contributed by atoms with E-state index in [0.29, 0.717) is 0 Å². The first-order valence-electron chi connectivity index (χ1n) is 2.53. The van der Waals surface area contributed by atoms with E-state index in [-0.39, 0.29) is 0 Å². The van der Waals surface area contributed by atoms with Crippen molar-refractivity contribution in [2.24, 2.45) is 0 Å². The van der Waals surface area contributed by atoms with Crippen molar-refractivity contribution in [2.45, 2.75) is 13.8 Å². The average molecular weight is 235 g/mol. The van der Waals surface area contributed by atoms with Crippen molar-refractivity contribution in [2.75, 3.05) is 0 Å². The Balaban J connectivity index is 3.17. The minimum atomic E-state index is 0.727. The molecule has 0 amide bonds. The molecule has 4 heteroatoms. The van der Waals surface area contributed by atoms with Gasteiger partial charge >= 0.3 is 0 Å². The number of rotatable bonds is 0. The first kappa shape index (κ1) is 6.85. The fraction of sp³-hybridized carbons (Fsp3) is 0.400. The molecule has 9 heavy (non-hydrogen) atoms. The maximum absolute atomic E-state index is 4.09. The first-order chi connectivity index (χ1) is 4.20. The first-order valence-corrected chi connectivity index (χ1v) is 3.61. The molecule has 1 aromatic rings. The Morgan fingerprint density at radius 1 is 1.22 bits per heavy atom. The lowest BCUT2D eigenvalue weighted by atomic mass is 10.5. The zero-order chi connectivity index (χ0) is 6.85. The molecular formula is C5H6IN3. The molecule has 0 spiro atoms. The summed E-state index contributed by atoms with van der Waals surface area (Å²) in [5, 5.41) is 7.63. The third kappa shape index (κ3) is 1.57. The van der Waals surface area contributed by atoms with Gasteiger partial charge in [-0.15, -0.1) is 5.10 Å². The van der Waals surface area contributed by atoms with Crippen molar-refractivity contribution in [1.29, 1.82) is 0 Å². The molecule has 1 heterocycles. The van der Waals surface area contributed by atoms with Gasteiger partial charge in [0.15, 0.2) is 0 Å². The maximum Gasteiger partial charge on any atom is 0.149 e. The summed E-state index contributed by atoms with van der Waals surface area (Å²) in [6.07, 6.45) is 0. The molecular weight excluding hydrogens is 229 g/mol. The van der Waals surface area contributed by atoms with Crippen molar-refractivity contribution >= 4 is 22.6 Å². The van der Waals surface area contributed by atoms with Crippen molar-refractivity contribution in [3.05, 3.63) is 15.2 Å². The molecule has 0 saturated carbocycles. The Kier molecular flexibility index (Phi) is 1.94. The lowest BCUT2D eigenvalue weighted by Gasteiger charge is -1.93. The highest BCUT2D eigenvalue weighted by atomic mass is 127. The van der Waals surface area contributed by atoms with E-state index in [4.69, 9.17) is 0 Å². The molecule has 0 bridgehead atoms. The van der Waals surface area contributed by atoms with Crippen molar-refractivity contribution in [3.63, 3.8) is 0 Å². The Hall–Kier alpha value is -0.260. The van der Waals surface area contributed by atoms with Crippen LogP contribution in [0.3, 0.4) is 0 Å². The summed E-state index contributed by atoms with van der Waals surface area (Å²) in [6.45, 7) is 3.72. The quantitative estimate of drug-likeness (QED) is 0.632. The van der Waals surface area contributed by atoms with Gasteiger partial charge in [0.2, 0.25) is 0 Å². The number of aromatic nitrogens is 3. The molecule has 0 aliphatic heterocycles. The number of halogens is 1. The molecule has 0 N–H and O–H groups in total. The van der Waals surface area contributed by atoms with Gasteiger partial charge in [-0.1, -0.05) is 0 Å².